The van der Waals surface area contributed by atoms with Crippen LogP contribution in [0, 0.1) is 17.7 Å². The van der Waals surface area contributed by atoms with Gasteiger partial charge in [0.25, 0.3) is 0 Å². The third-order valence-corrected chi connectivity index (χ3v) is 5.71. The van der Waals surface area contributed by atoms with Crippen LogP contribution in [0.25, 0.3) is 0 Å². The summed E-state index contributed by atoms with van der Waals surface area (Å²) in [6, 6.07) is 6.84. The van der Waals surface area contributed by atoms with Crippen LogP contribution in [0.3, 0.4) is 0 Å². The van der Waals surface area contributed by atoms with Crippen molar-refractivity contribution in [1.82, 2.24) is 9.80 Å². The molecule has 3 nitrogen and oxygen atoms in total. The molecule has 126 valence electrons. The molecule has 1 aromatic carbocycles. The van der Waals surface area contributed by atoms with Gasteiger partial charge in [-0.3, -0.25) is 9.69 Å². The predicted molar refractivity (Wildman–Crippen MR) is 89.5 cm³/mol. The number of rotatable bonds is 3. The van der Waals surface area contributed by atoms with Crippen LogP contribution in [0.5, 0.6) is 0 Å². The fraction of sp³-hybridized carbons (Fsp3) is 0.632. The summed E-state index contributed by atoms with van der Waals surface area (Å²) in [5, 5.41) is 0. The van der Waals surface area contributed by atoms with Gasteiger partial charge in [-0.25, -0.2) is 4.39 Å². The van der Waals surface area contributed by atoms with Gasteiger partial charge in [0.15, 0.2) is 0 Å². The van der Waals surface area contributed by atoms with E-state index in [1.54, 1.807) is 0 Å². The van der Waals surface area contributed by atoms with E-state index in [1.807, 2.05) is 17.0 Å². The van der Waals surface area contributed by atoms with Crippen LogP contribution >= 0.6 is 0 Å². The number of halogens is 1. The van der Waals surface area contributed by atoms with Crippen LogP contribution in [-0.4, -0.2) is 42.4 Å². The van der Waals surface area contributed by atoms with Gasteiger partial charge in [-0.15, -0.1) is 0 Å². The number of likely N-dealkylation sites (N-methyl/N-ethyl adjacent to an activating group) is 1. The lowest BCUT2D eigenvalue weighted by Gasteiger charge is -2.41. The second kappa shape index (κ2) is 7.00. The molecule has 1 amide bonds. The van der Waals surface area contributed by atoms with E-state index in [-0.39, 0.29) is 17.8 Å². The van der Waals surface area contributed by atoms with E-state index >= 15 is 0 Å². The summed E-state index contributed by atoms with van der Waals surface area (Å²) < 4.78 is 13.2. The average Bonchev–Trinajstić information content (AvgIpc) is 3.09. The smallest absolute Gasteiger partial charge is 0.225 e. The number of carbonyl (C=O) groups excluding carboxylic acids is 1. The Labute approximate surface area is 138 Å². The number of amides is 1. The minimum Gasteiger partial charge on any atom is -0.339 e. The van der Waals surface area contributed by atoms with Crippen molar-refractivity contribution in [3.05, 3.63) is 35.6 Å². The Morgan fingerprint density at radius 2 is 1.83 bits per heavy atom. The molecule has 1 saturated carbocycles. The van der Waals surface area contributed by atoms with Gasteiger partial charge >= 0.3 is 0 Å². The molecule has 0 bridgehead atoms. The lowest BCUT2D eigenvalue weighted by atomic mass is 9.90. The van der Waals surface area contributed by atoms with Crippen molar-refractivity contribution in [3.8, 4) is 0 Å². The minimum atomic E-state index is -0.213. The molecule has 2 atom stereocenters. The van der Waals surface area contributed by atoms with Crippen LogP contribution in [0.2, 0.25) is 0 Å². The number of piperazine rings is 1. The van der Waals surface area contributed by atoms with Crippen molar-refractivity contribution >= 4 is 5.91 Å². The monoisotopic (exact) mass is 318 g/mol. The van der Waals surface area contributed by atoms with E-state index in [4.69, 9.17) is 0 Å². The fourth-order valence-electron chi connectivity index (χ4n) is 4.07. The molecule has 2 aliphatic rings. The molecule has 1 aliphatic carbocycles. The molecule has 1 saturated heterocycles. The van der Waals surface area contributed by atoms with E-state index < -0.39 is 0 Å². The first kappa shape index (κ1) is 16.4. The van der Waals surface area contributed by atoms with Crippen molar-refractivity contribution in [2.45, 2.75) is 38.6 Å². The number of benzene rings is 1. The highest BCUT2D eigenvalue weighted by Gasteiger charge is 2.34. The number of hydrogen-bond acceptors (Lipinski definition) is 2. The van der Waals surface area contributed by atoms with Crippen LogP contribution in [0.4, 0.5) is 4.39 Å². The Balaban J connectivity index is 1.69. The summed E-state index contributed by atoms with van der Waals surface area (Å²) in [6.45, 7) is 4.47. The summed E-state index contributed by atoms with van der Waals surface area (Å²) >= 11 is 0. The van der Waals surface area contributed by atoms with Crippen molar-refractivity contribution in [2.75, 3.05) is 26.7 Å². The summed E-state index contributed by atoms with van der Waals surface area (Å²) in [6.07, 6.45) is 4.93. The largest absolute Gasteiger partial charge is 0.339 e. The summed E-state index contributed by atoms with van der Waals surface area (Å²) in [7, 11) is 2.08. The van der Waals surface area contributed by atoms with Gasteiger partial charge in [-0.05, 0) is 43.5 Å². The molecule has 1 heterocycles. The number of nitrogens with zero attached hydrogens (tertiary/aromatic N) is 2. The van der Waals surface area contributed by atoms with Crippen molar-refractivity contribution in [2.24, 2.45) is 11.8 Å². The lowest BCUT2D eigenvalue weighted by molar-refractivity contribution is -0.139. The van der Waals surface area contributed by atoms with Crippen molar-refractivity contribution in [1.29, 1.82) is 0 Å². The van der Waals surface area contributed by atoms with E-state index in [2.05, 4.69) is 18.9 Å². The van der Waals surface area contributed by atoms with Gasteiger partial charge < -0.3 is 4.90 Å². The minimum absolute atomic E-state index is 0.134. The Kier molecular flexibility index (Phi) is 5.00. The quantitative estimate of drug-likeness (QED) is 0.852. The first-order valence-electron chi connectivity index (χ1n) is 8.80. The number of hydrogen-bond donors (Lipinski definition) is 0. The van der Waals surface area contributed by atoms with Crippen LogP contribution in [-0.2, 0) is 4.79 Å². The molecule has 1 aliphatic heterocycles. The fourth-order valence-corrected chi connectivity index (χ4v) is 4.07. The van der Waals surface area contributed by atoms with Crippen LogP contribution in [0.1, 0.15) is 44.2 Å². The molecule has 0 radical (unpaired) electrons. The first-order chi connectivity index (χ1) is 11.1. The maximum atomic E-state index is 13.2. The van der Waals surface area contributed by atoms with Gasteiger partial charge in [-0.1, -0.05) is 31.9 Å². The van der Waals surface area contributed by atoms with Gasteiger partial charge in [0, 0.05) is 25.6 Å². The van der Waals surface area contributed by atoms with Gasteiger partial charge in [-0.2, -0.15) is 0 Å². The molecular weight excluding hydrogens is 291 g/mol. The van der Waals surface area contributed by atoms with E-state index in [0.29, 0.717) is 18.4 Å². The Bertz CT molecular complexity index is 539. The average molecular weight is 318 g/mol. The third kappa shape index (κ3) is 3.57. The molecule has 23 heavy (non-hydrogen) atoms. The molecule has 4 heteroatoms. The second-order valence-corrected chi connectivity index (χ2v) is 7.17. The maximum Gasteiger partial charge on any atom is 0.225 e. The highest BCUT2D eigenvalue weighted by atomic mass is 19.1. The molecule has 3 rings (SSSR count). The summed E-state index contributed by atoms with van der Waals surface area (Å²) in [5.41, 5.74) is 1.08. The van der Waals surface area contributed by atoms with Crippen LogP contribution < -0.4 is 0 Å². The zero-order valence-electron chi connectivity index (χ0n) is 14.2. The van der Waals surface area contributed by atoms with E-state index in [1.165, 1.54) is 37.8 Å². The van der Waals surface area contributed by atoms with Crippen molar-refractivity contribution < 1.29 is 9.18 Å². The Morgan fingerprint density at radius 1 is 1.17 bits per heavy atom. The zero-order valence-corrected chi connectivity index (χ0v) is 14.2. The normalized spacial score (nSPS) is 24.8. The molecule has 0 aromatic heterocycles. The molecule has 1 aromatic rings. The Hall–Kier alpha value is -1.42. The number of carbonyl (C=O) groups is 1. The predicted octanol–water partition coefficient (Wildman–Crippen LogP) is 3.47. The second-order valence-electron chi connectivity index (χ2n) is 7.17. The third-order valence-electron chi connectivity index (χ3n) is 5.71. The zero-order chi connectivity index (χ0) is 16.4. The van der Waals surface area contributed by atoms with Gasteiger partial charge in [0.1, 0.15) is 5.82 Å². The first-order valence-corrected chi connectivity index (χ1v) is 8.80. The van der Waals surface area contributed by atoms with Gasteiger partial charge in [0.05, 0.1) is 6.04 Å². The highest BCUT2D eigenvalue weighted by Crippen LogP contribution is 2.33. The highest BCUT2D eigenvalue weighted by molar-refractivity contribution is 5.79. The lowest BCUT2D eigenvalue weighted by Crippen LogP contribution is -2.51. The molecule has 0 N–H and O–H groups in total. The standard InChI is InChI=1S/C19H27FN2O/c1-14(15-5-3-4-6-15)19(23)22-12-11-21(2)18(13-22)16-7-9-17(20)10-8-16/h7-10,14-15,18H,3-6,11-13H2,1-2H3. The van der Waals surface area contributed by atoms with E-state index in [9.17, 15) is 9.18 Å². The maximum absolute atomic E-state index is 13.2. The molecular formula is C19H27FN2O. The van der Waals surface area contributed by atoms with Crippen molar-refractivity contribution in [3.63, 3.8) is 0 Å². The van der Waals surface area contributed by atoms with Crippen LogP contribution in [0.15, 0.2) is 24.3 Å². The summed E-state index contributed by atoms with van der Waals surface area (Å²) in [5.74, 6) is 0.785. The molecule has 0 spiro atoms. The Morgan fingerprint density at radius 3 is 2.48 bits per heavy atom. The summed E-state index contributed by atoms with van der Waals surface area (Å²) in [4.78, 5) is 17.2. The molecule has 2 fully saturated rings. The SMILES string of the molecule is CC(C(=O)N1CCN(C)C(c2ccc(F)cc2)C1)C1CCCC1. The molecule has 2 unspecified atom stereocenters. The van der Waals surface area contributed by atoms with Gasteiger partial charge in [0.2, 0.25) is 5.91 Å². The van der Waals surface area contributed by atoms with E-state index in [0.717, 1.165) is 18.7 Å². The topological polar surface area (TPSA) is 23.6 Å².